The van der Waals surface area contributed by atoms with Crippen molar-refractivity contribution in [3.05, 3.63) is 53.3 Å². The second kappa shape index (κ2) is 15.9. The van der Waals surface area contributed by atoms with Gasteiger partial charge in [0.1, 0.15) is 23.7 Å². The monoisotopic (exact) mass is 710 g/mol. The van der Waals surface area contributed by atoms with Gasteiger partial charge in [-0.2, -0.15) is 5.06 Å². The van der Waals surface area contributed by atoms with Crippen LogP contribution in [0.1, 0.15) is 76.7 Å². The summed E-state index contributed by atoms with van der Waals surface area (Å²) in [7, 11) is 5.42. The molecule has 0 radical (unpaired) electrons. The average molecular weight is 711 g/mol. The normalized spacial score (nSPS) is 28.3. The number of hydrogen-bond donors (Lipinski definition) is 4. The highest BCUT2D eigenvalue weighted by Crippen LogP contribution is 2.61. The first-order chi connectivity index (χ1) is 24.1. The van der Waals surface area contributed by atoms with Crippen molar-refractivity contribution in [2.24, 2.45) is 35.0 Å². The number of likely N-dealkylation sites (N-methyl/N-ethyl adjacent to an activating group) is 1. The van der Waals surface area contributed by atoms with Gasteiger partial charge in [-0.05, 0) is 87.1 Å². The average Bonchev–Trinajstić information content (AvgIpc) is 3.43. The number of nitrogens with zero attached hydrogens (tertiary/aromatic N) is 2. The number of carbonyl (C=O) groups excluding carboxylic acids is 2. The number of benzene rings is 2. The number of carbonyl (C=O) groups is 2. The molecule has 0 unspecified atom stereocenters. The van der Waals surface area contributed by atoms with Gasteiger partial charge in [0.2, 0.25) is 5.91 Å². The molecule has 0 aromatic heterocycles. The quantitative estimate of drug-likeness (QED) is 0.219. The molecule has 6 rings (SSSR count). The summed E-state index contributed by atoms with van der Waals surface area (Å²) in [6.07, 6.45) is 1.15. The molecule has 2 amide bonds. The van der Waals surface area contributed by atoms with E-state index in [-0.39, 0.29) is 42.1 Å². The zero-order valence-electron chi connectivity index (χ0n) is 31.8. The number of para-hydroxylation sites is 1. The molecule has 4 fully saturated rings. The Morgan fingerprint density at radius 3 is 2.47 bits per heavy atom. The van der Waals surface area contributed by atoms with Crippen molar-refractivity contribution in [2.75, 3.05) is 34.4 Å². The van der Waals surface area contributed by atoms with Gasteiger partial charge in [-0.1, -0.05) is 58.9 Å². The first kappa shape index (κ1) is 39.1. The van der Waals surface area contributed by atoms with E-state index < -0.39 is 35.9 Å². The Labute approximate surface area is 303 Å². The fraction of sp³-hybridized carbons (Fsp3) is 0.650. The second-order valence-corrected chi connectivity index (χ2v) is 16.5. The molecule has 282 valence electrons. The van der Waals surface area contributed by atoms with Crippen molar-refractivity contribution in [2.45, 2.75) is 97.7 Å². The van der Waals surface area contributed by atoms with Crippen LogP contribution in [0, 0.1) is 40.8 Å². The molecule has 11 heteroatoms. The van der Waals surface area contributed by atoms with Crippen molar-refractivity contribution in [3.63, 3.8) is 0 Å². The molecule has 9 atom stereocenters. The summed E-state index contributed by atoms with van der Waals surface area (Å²) in [5.41, 5.74) is 2.12. The van der Waals surface area contributed by atoms with E-state index in [1.165, 1.54) is 12.5 Å². The summed E-state index contributed by atoms with van der Waals surface area (Å²) in [6, 6.07) is 8.99. The first-order valence-electron chi connectivity index (χ1n) is 18.5. The lowest BCUT2D eigenvalue weighted by Crippen LogP contribution is -2.62. The first-order valence-corrected chi connectivity index (χ1v) is 18.5. The maximum Gasteiger partial charge on any atom is 0.254 e. The molecule has 2 aromatic rings. The fourth-order valence-electron chi connectivity index (χ4n) is 9.15. The lowest BCUT2D eigenvalue weighted by Gasteiger charge is -2.62. The number of aliphatic hydroxyl groups is 2. The number of aliphatic hydroxyl groups excluding tert-OH is 2. The Bertz CT molecular complexity index is 1540. The molecule has 0 spiro atoms. The van der Waals surface area contributed by atoms with Crippen molar-refractivity contribution >= 4 is 11.8 Å². The van der Waals surface area contributed by atoms with Crippen LogP contribution >= 0.6 is 0 Å². The molecule has 3 aliphatic carbocycles. The van der Waals surface area contributed by atoms with Crippen molar-refractivity contribution in [3.8, 4) is 16.9 Å². The van der Waals surface area contributed by atoms with E-state index in [1.54, 1.807) is 31.2 Å². The highest BCUT2D eigenvalue weighted by Gasteiger charge is 2.57. The predicted molar refractivity (Wildman–Crippen MR) is 195 cm³/mol. The van der Waals surface area contributed by atoms with Crippen LogP contribution in [0.25, 0.3) is 11.1 Å². The minimum atomic E-state index is -0.922. The number of hydrogen-bond acceptors (Lipinski definition) is 8. The van der Waals surface area contributed by atoms with Crippen LogP contribution in [0.2, 0.25) is 0 Å². The Hall–Kier alpha value is -3.09. The Morgan fingerprint density at radius 2 is 1.88 bits per heavy atom. The van der Waals surface area contributed by atoms with Gasteiger partial charge in [-0.25, -0.2) is 4.39 Å². The van der Waals surface area contributed by atoms with Gasteiger partial charge in [0.25, 0.3) is 5.91 Å². The molecular formula is C40H59FN4O6. The molecule has 2 bridgehead atoms. The number of amides is 2. The molecule has 1 heterocycles. The van der Waals surface area contributed by atoms with Gasteiger partial charge in [0.15, 0.2) is 0 Å². The zero-order chi connectivity index (χ0) is 37.4. The van der Waals surface area contributed by atoms with Crippen LogP contribution in [0.3, 0.4) is 0 Å². The number of methoxy groups -OCH3 is 1. The van der Waals surface area contributed by atoms with E-state index in [1.807, 2.05) is 37.2 Å². The minimum absolute atomic E-state index is 0.0187. The van der Waals surface area contributed by atoms with Crippen LogP contribution in [0.5, 0.6) is 5.75 Å². The molecule has 4 aliphatic rings. The molecule has 51 heavy (non-hydrogen) atoms. The predicted octanol–water partition coefficient (Wildman–Crippen LogP) is 4.87. The lowest BCUT2D eigenvalue weighted by molar-refractivity contribution is -0.183. The molecule has 2 aromatic carbocycles. The zero-order valence-corrected chi connectivity index (χ0v) is 31.8. The van der Waals surface area contributed by atoms with E-state index in [2.05, 4.69) is 45.3 Å². The van der Waals surface area contributed by atoms with E-state index in [0.717, 1.165) is 12.8 Å². The molecule has 10 nitrogen and oxygen atoms in total. The maximum atomic E-state index is 15.2. The molecule has 4 N–H and O–H groups in total. The highest BCUT2D eigenvalue weighted by molar-refractivity contribution is 5.96. The summed E-state index contributed by atoms with van der Waals surface area (Å²) in [4.78, 5) is 35.8. The maximum absolute atomic E-state index is 15.2. The summed E-state index contributed by atoms with van der Waals surface area (Å²) < 4.78 is 21.1. The highest BCUT2D eigenvalue weighted by atomic mass is 19.1. The minimum Gasteiger partial charge on any atom is -0.496 e. The van der Waals surface area contributed by atoms with Crippen LogP contribution in [0.4, 0.5) is 4.39 Å². The topological polar surface area (TPSA) is 124 Å². The third-order valence-electron chi connectivity index (χ3n) is 11.9. The van der Waals surface area contributed by atoms with Gasteiger partial charge >= 0.3 is 0 Å². The van der Waals surface area contributed by atoms with Crippen molar-refractivity contribution in [1.82, 2.24) is 20.6 Å². The van der Waals surface area contributed by atoms with E-state index >= 15 is 4.39 Å². The van der Waals surface area contributed by atoms with Gasteiger partial charge < -0.3 is 30.5 Å². The Morgan fingerprint density at radius 1 is 1.16 bits per heavy atom. The SMILES string of the molecule is COc1c(CN2O[C@@H](CO)[C@@H]([C@H](C)O)[C@H]2C(=O)N[C@H]2C[C@H]3C[C@@H]([C@@H]2C)C3(C)C)cccc1-c1ccc(F)c(C(=O)N[C@H](CC(C)C)CN(C)C)c1. The third kappa shape index (κ3) is 8.13. The molecule has 1 saturated heterocycles. The standard InChI is InChI=1S/C40H59FN4O6/c1-22(2)15-28(20-44(7)8)42-38(48)30-16-25(13-14-32(30)41)29-12-10-11-26(37(29)50-9)19-45-36(35(24(4)47)34(21-46)51-45)39(49)43-33-18-27-17-31(23(33)3)40(27,5)6/h10-14,16,22-24,27-28,31,33-36,46-47H,15,17-21H2,1-9H3,(H,42,48)(H,43,49)/t23-,24-,27+,28+,31-,33-,34-,35+,36-/m0/s1. The number of rotatable bonds is 14. The smallest absolute Gasteiger partial charge is 0.254 e. The van der Waals surface area contributed by atoms with E-state index in [0.29, 0.717) is 52.7 Å². The van der Waals surface area contributed by atoms with E-state index in [9.17, 15) is 19.8 Å². The number of nitrogens with one attached hydrogen (secondary N) is 2. The van der Waals surface area contributed by atoms with Crippen LogP contribution in [0.15, 0.2) is 36.4 Å². The number of ether oxygens (including phenoxy) is 1. The van der Waals surface area contributed by atoms with Crippen LogP contribution in [-0.2, 0) is 16.2 Å². The van der Waals surface area contributed by atoms with Gasteiger partial charge in [-0.15, -0.1) is 0 Å². The van der Waals surface area contributed by atoms with Gasteiger partial charge in [-0.3, -0.25) is 14.4 Å². The van der Waals surface area contributed by atoms with Crippen LogP contribution < -0.4 is 15.4 Å². The third-order valence-corrected chi connectivity index (χ3v) is 11.9. The lowest BCUT2D eigenvalue weighted by atomic mass is 9.45. The largest absolute Gasteiger partial charge is 0.496 e. The summed E-state index contributed by atoms with van der Waals surface area (Å²) in [6.45, 7) is 13.0. The number of halogens is 1. The summed E-state index contributed by atoms with van der Waals surface area (Å²) >= 11 is 0. The van der Waals surface area contributed by atoms with Crippen LogP contribution in [-0.4, -0.2) is 96.7 Å². The molecule has 1 aliphatic heterocycles. The van der Waals surface area contributed by atoms with E-state index in [4.69, 9.17) is 9.57 Å². The fourth-order valence-corrected chi connectivity index (χ4v) is 9.15. The molecule has 3 saturated carbocycles. The number of hydroxylamine groups is 2. The second-order valence-electron chi connectivity index (χ2n) is 16.5. The Balaban J connectivity index is 1.41. The molecular weight excluding hydrogens is 651 g/mol. The van der Waals surface area contributed by atoms with Gasteiger partial charge in [0.05, 0.1) is 31.9 Å². The van der Waals surface area contributed by atoms with Crippen molar-refractivity contribution in [1.29, 1.82) is 0 Å². The van der Waals surface area contributed by atoms with Crippen molar-refractivity contribution < 1.29 is 33.8 Å². The Kier molecular flexibility index (Phi) is 12.2. The number of fused-ring (bicyclic) bond motifs is 2. The van der Waals surface area contributed by atoms with Gasteiger partial charge in [0, 0.05) is 35.7 Å². The summed E-state index contributed by atoms with van der Waals surface area (Å²) in [5.74, 6) is 0.240. The summed E-state index contributed by atoms with van der Waals surface area (Å²) in [5, 5.41) is 29.0.